The number of ether oxygens (including phenoxy) is 1. The van der Waals surface area contributed by atoms with Gasteiger partial charge in [0.1, 0.15) is 11.4 Å². The van der Waals surface area contributed by atoms with Crippen LogP contribution >= 0.6 is 11.6 Å². The molecule has 7 heteroatoms. The highest BCUT2D eigenvalue weighted by Gasteiger charge is 2.12. The van der Waals surface area contributed by atoms with Gasteiger partial charge in [-0.15, -0.1) is 0 Å². The van der Waals surface area contributed by atoms with E-state index in [1.165, 1.54) is 0 Å². The van der Waals surface area contributed by atoms with Gasteiger partial charge in [0.05, 0.1) is 0 Å². The molecule has 2 rings (SSSR count). The molecule has 0 aliphatic rings. The quantitative estimate of drug-likeness (QED) is 0.708. The van der Waals surface area contributed by atoms with Crippen LogP contribution in [0.25, 0.3) is 0 Å². The van der Waals surface area contributed by atoms with Gasteiger partial charge in [-0.1, -0.05) is 29.8 Å². The van der Waals surface area contributed by atoms with Crippen molar-refractivity contribution in [3.63, 3.8) is 0 Å². The highest BCUT2D eigenvalue weighted by Crippen LogP contribution is 2.09. The largest absolute Gasteiger partial charge is 0.385 e. The van der Waals surface area contributed by atoms with Crippen molar-refractivity contribution < 1.29 is 14.3 Å². The van der Waals surface area contributed by atoms with E-state index in [2.05, 4.69) is 15.6 Å². The summed E-state index contributed by atoms with van der Waals surface area (Å²) in [5, 5.41) is 6.15. The number of benzene rings is 1. The van der Waals surface area contributed by atoms with Crippen LogP contribution in [-0.4, -0.2) is 37.1 Å². The number of aromatic nitrogens is 1. The second-order valence-electron chi connectivity index (χ2n) is 5.32. The number of carbonyl (C=O) groups excluding carboxylic acids is 2. The third-order valence-electron chi connectivity index (χ3n) is 3.39. The van der Waals surface area contributed by atoms with E-state index in [1.54, 1.807) is 37.4 Å². The van der Waals surface area contributed by atoms with E-state index in [1.807, 2.05) is 12.1 Å². The lowest BCUT2D eigenvalue weighted by Gasteiger charge is -2.07. The monoisotopic (exact) mass is 361 g/mol. The summed E-state index contributed by atoms with van der Waals surface area (Å²) in [6, 6.07) is 12.0. The SMILES string of the molecule is COCCCNC(=O)c1cccc(C(=O)NCc2ccc(Cl)cc2)n1. The van der Waals surface area contributed by atoms with Gasteiger partial charge in [0.15, 0.2) is 0 Å². The van der Waals surface area contributed by atoms with Crippen molar-refractivity contribution >= 4 is 23.4 Å². The van der Waals surface area contributed by atoms with E-state index in [0.717, 1.165) is 5.56 Å². The Bertz CT molecular complexity index is 720. The van der Waals surface area contributed by atoms with Crippen molar-refractivity contribution in [3.05, 3.63) is 64.4 Å². The minimum atomic E-state index is -0.344. The summed E-state index contributed by atoms with van der Waals surface area (Å²) >= 11 is 5.83. The summed E-state index contributed by atoms with van der Waals surface area (Å²) < 4.78 is 4.92. The van der Waals surface area contributed by atoms with Crippen molar-refractivity contribution in [2.45, 2.75) is 13.0 Å². The van der Waals surface area contributed by atoms with Crippen molar-refractivity contribution in [2.24, 2.45) is 0 Å². The number of carbonyl (C=O) groups is 2. The van der Waals surface area contributed by atoms with Crippen LogP contribution in [0.1, 0.15) is 33.0 Å². The molecule has 0 atom stereocenters. The fourth-order valence-electron chi connectivity index (χ4n) is 2.07. The first kappa shape index (κ1) is 18.9. The van der Waals surface area contributed by atoms with Crippen LogP contribution in [0, 0.1) is 0 Å². The third kappa shape index (κ3) is 6.17. The van der Waals surface area contributed by atoms with Crippen LogP contribution in [-0.2, 0) is 11.3 Å². The van der Waals surface area contributed by atoms with Gasteiger partial charge in [0.2, 0.25) is 0 Å². The highest BCUT2D eigenvalue weighted by molar-refractivity contribution is 6.30. The number of hydrogen-bond donors (Lipinski definition) is 2. The zero-order chi connectivity index (χ0) is 18.1. The van der Waals surface area contributed by atoms with Crippen molar-refractivity contribution in [3.8, 4) is 0 Å². The van der Waals surface area contributed by atoms with E-state index in [-0.39, 0.29) is 23.2 Å². The molecule has 0 fully saturated rings. The number of nitrogens with one attached hydrogen (secondary N) is 2. The maximum atomic E-state index is 12.2. The van der Waals surface area contributed by atoms with Gasteiger partial charge in [-0.3, -0.25) is 9.59 Å². The third-order valence-corrected chi connectivity index (χ3v) is 3.64. The lowest BCUT2D eigenvalue weighted by Crippen LogP contribution is -2.28. The minimum absolute atomic E-state index is 0.193. The first-order valence-corrected chi connectivity index (χ1v) is 8.25. The Morgan fingerprint density at radius 1 is 1.04 bits per heavy atom. The first-order chi connectivity index (χ1) is 12.1. The van der Waals surface area contributed by atoms with Crippen molar-refractivity contribution in [1.82, 2.24) is 15.6 Å². The molecule has 0 aliphatic heterocycles. The maximum Gasteiger partial charge on any atom is 0.270 e. The zero-order valence-corrected chi connectivity index (χ0v) is 14.7. The van der Waals surface area contributed by atoms with E-state index < -0.39 is 0 Å². The Balaban J connectivity index is 1.91. The fraction of sp³-hybridized carbons (Fsp3) is 0.278. The maximum absolute atomic E-state index is 12.2. The molecule has 0 bridgehead atoms. The van der Waals surface area contributed by atoms with Crippen LogP contribution in [0.3, 0.4) is 0 Å². The Labute approximate surface area is 151 Å². The van der Waals surface area contributed by atoms with Crippen LogP contribution < -0.4 is 10.6 Å². The average Bonchev–Trinajstić information content (AvgIpc) is 2.64. The molecule has 1 heterocycles. The van der Waals surface area contributed by atoms with Gasteiger partial charge in [-0.2, -0.15) is 0 Å². The molecule has 0 spiro atoms. The molecule has 0 saturated heterocycles. The number of hydrogen-bond acceptors (Lipinski definition) is 4. The molecular weight excluding hydrogens is 342 g/mol. The Hall–Kier alpha value is -2.44. The number of pyridine rings is 1. The molecule has 6 nitrogen and oxygen atoms in total. The Morgan fingerprint density at radius 2 is 1.68 bits per heavy atom. The predicted molar refractivity (Wildman–Crippen MR) is 95.7 cm³/mol. The second kappa shape index (κ2) is 9.76. The predicted octanol–water partition coefficient (Wildman–Crippen LogP) is 2.43. The summed E-state index contributed by atoms with van der Waals surface area (Å²) in [5.74, 6) is -0.660. The normalized spacial score (nSPS) is 10.3. The molecule has 2 aromatic rings. The van der Waals surface area contributed by atoms with Gasteiger partial charge in [0.25, 0.3) is 11.8 Å². The number of rotatable bonds is 8. The van der Waals surface area contributed by atoms with E-state index >= 15 is 0 Å². The van der Waals surface area contributed by atoms with Gasteiger partial charge >= 0.3 is 0 Å². The van der Waals surface area contributed by atoms with Gasteiger partial charge in [0, 0.05) is 31.8 Å². The first-order valence-electron chi connectivity index (χ1n) is 7.87. The van der Waals surface area contributed by atoms with Gasteiger partial charge in [-0.05, 0) is 36.2 Å². The van der Waals surface area contributed by atoms with Crippen LogP contribution in [0.4, 0.5) is 0 Å². The molecule has 25 heavy (non-hydrogen) atoms. The summed E-state index contributed by atoms with van der Waals surface area (Å²) in [6.07, 6.45) is 0.712. The minimum Gasteiger partial charge on any atom is -0.385 e. The number of nitrogens with zero attached hydrogens (tertiary/aromatic N) is 1. The smallest absolute Gasteiger partial charge is 0.270 e. The molecule has 1 aromatic heterocycles. The number of halogens is 1. The molecule has 2 N–H and O–H groups in total. The van der Waals surface area contributed by atoms with Crippen LogP contribution in [0.15, 0.2) is 42.5 Å². The van der Waals surface area contributed by atoms with Crippen LogP contribution in [0.2, 0.25) is 5.02 Å². The average molecular weight is 362 g/mol. The highest BCUT2D eigenvalue weighted by atomic mass is 35.5. The molecule has 0 saturated carbocycles. The van der Waals surface area contributed by atoms with Crippen LogP contribution in [0.5, 0.6) is 0 Å². The van der Waals surface area contributed by atoms with E-state index in [9.17, 15) is 9.59 Å². The van der Waals surface area contributed by atoms with Crippen molar-refractivity contribution in [2.75, 3.05) is 20.3 Å². The Kier molecular flexibility index (Phi) is 7.37. The van der Waals surface area contributed by atoms with E-state index in [0.29, 0.717) is 31.1 Å². The van der Waals surface area contributed by atoms with Gasteiger partial charge < -0.3 is 15.4 Å². The van der Waals surface area contributed by atoms with Gasteiger partial charge in [-0.25, -0.2) is 4.98 Å². The summed E-state index contributed by atoms with van der Waals surface area (Å²) in [7, 11) is 1.61. The molecule has 0 radical (unpaired) electrons. The molecule has 1 aromatic carbocycles. The summed E-state index contributed by atoms with van der Waals surface area (Å²) in [4.78, 5) is 28.4. The lowest BCUT2D eigenvalue weighted by molar-refractivity contribution is 0.0940. The Morgan fingerprint density at radius 3 is 2.32 bits per heavy atom. The summed E-state index contributed by atoms with van der Waals surface area (Å²) in [6.45, 7) is 1.41. The van der Waals surface area contributed by atoms with E-state index in [4.69, 9.17) is 16.3 Å². The molecular formula is C18H20ClN3O3. The number of methoxy groups -OCH3 is 1. The topological polar surface area (TPSA) is 80.3 Å². The second-order valence-corrected chi connectivity index (χ2v) is 5.76. The zero-order valence-electron chi connectivity index (χ0n) is 13.9. The molecule has 0 aliphatic carbocycles. The molecule has 2 amide bonds. The lowest BCUT2D eigenvalue weighted by atomic mass is 10.2. The van der Waals surface area contributed by atoms with Crippen molar-refractivity contribution in [1.29, 1.82) is 0 Å². The molecule has 132 valence electrons. The summed E-state index contributed by atoms with van der Waals surface area (Å²) in [5.41, 5.74) is 1.32. The fourth-order valence-corrected chi connectivity index (χ4v) is 2.20. The standard InChI is InChI=1S/C18H20ClN3O3/c1-25-11-3-10-20-17(23)15-4-2-5-16(22-15)18(24)21-12-13-6-8-14(19)9-7-13/h2,4-9H,3,10-12H2,1H3,(H,20,23)(H,21,24). The molecule has 0 unspecified atom stereocenters. The number of amides is 2.